The summed E-state index contributed by atoms with van der Waals surface area (Å²) in [5.41, 5.74) is 0.0968. The van der Waals surface area contributed by atoms with Gasteiger partial charge in [-0.05, 0) is 29.0 Å². The Balaban J connectivity index is 0.000000186. The molecule has 0 atom stereocenters. The summed E-state index contributed by atoms with van der Waals surface area (Å²) in [6.45, 7) is 0. The first-order valence-electron chi connectivity index (χ1n) is 6.85. The second kappa shape index (κ2) is 7.48. The number of diazo groups is 1. The van der Waals surface area contributed by atoms with Crippen molar-refractivity contribution in [3.05, 3.63) is 81.8 Å². The van der Waals surface area contributed by atoms with Gasteiger partial charge in [-0.2, -0.15) is 0 Å². The van der Waals surface area contributed by atoms with Gasteiger partial charge in [-0.15, -0.1) is 0 Å². The Morgan fingerprint density at radius 2 is 1.60 bits per heavy atom. The highest BCUT2D eigenvalue weighted by Crippen LogP contribution is 2.19. The maximum atomic E-state index is 10.7. The molecule has 0 aromatic heterocycles. The van der Waals surface area contributed by atoms with E-state index in [1.54, 1.807) is 18.2 Å². The Labute approximate surface area is 142 Å². The van der Waals surface area contributed by atoms with Crippen LogP contribution in [0.2, 0.25) is 0 Å². The molecule has 0 bridgehead atoms. The molecular formula is C16H11N3O5S. The molecule has 0 aliphatic carbocycles. The van der Waals surface area contributed by atoms with Crippen LogP contribution in [0, 0.1) is 15.5 Å². The third-order valence-corrected chi connectivity index (χ3v) is 4.00. The molecule has 8 nitrogen and oxygen atoms in total. The van der Waals surface area contributed by atoms with Crippen LogP contribution in [0.5, 0.6) is 0 Å². The van der Waals surface area contributed by atoms with Crippen molar-refractivity contribution in [2.75, 3.05) is 0 Å². The van der Waals surface area contributed by atoms with Gasteiger partial charge in [0, 0.05) is 12.1 Å². The van der Waals surface area contributed by atoms with Gasteiger partial charge in [-0.3, -0.25) is 10.1 Å². The fourth-order valence-corrected chi connectivity index (χ4v) is 2.50. The van der Waals surface area contributed by atoms with Gasteiger partial charge in [0.25, 0.3) is 5.69 Å². The molecule has 0 amide bonds. The Bertz CT molecular complexity index is 1070. The number of non-ortho nitro benzene ring substituents is 1. The number of hydrogen-bond donors (Lipinski definition) is 0. The lowest BCUT2D eigenvalue weighted by Crippen LogP contribution is -1.97. The number of fused-ring (bicyclic) bond motifs is 1. The van der Waals surface area contributed by atoms with Crippen molar-refractivity contribution in [3.63, 3.8) is 0 Å². The molecule has 0 unspecified atom stereocenters. The number of nitro groups is 1. The van der Waals surface area contributed by atoms with Crippen molar-refractivity contribution in [3.8, 4) is 0 Å². The van der Waals surface area contributed by atoms with E-state index in [1.165, 1.54) is 36.4 Å². The van der Waals surface area contributed by atoms with E-state index in [0.717, 1.165) is 10.8 Å². The maximum absolute atomic E-state index is 10.7. The molecule has 0 aliphatic heterocycles. The number of nitrogens with zero attached hydrogens (tertiary/aromatic N) is 3. The van der Waals surface area contributed by atoms with Crippen LogP contribution in [0.4, 0.5) is 11.4 Å². The summed E-state index contributed by atoms with van der Waals surface area (Å²) in [5.74, 6) is 0. The second-order valence-corrected chi connectivity index (χ2v) is 6.22. The summed E-state index contributed by atoms with van der Waals surface area (Å²) < 4.78 is 32.2. The van der Waals surface area contributed by atoms with Gasteiger partial charge in [0.2, 0.25) is 5.39 Å². The number of hydrogen-bond acceptors (Lipinski definition) is 6. The summed E-state index contributed by atoms with van der Waals surface area (Å²) in [5, 5.41) is 20.1. The van der Waals surface area contributed by atoms with Crippen molar-refractivity contribution >= 4 is 32.3 Å². The molecule has 0 heterocycles. The fraction of sp³-hybridized carbons (Fsp3) is 0. The molecule has 0 saturated carbocycles. The minimum atomic E-state index is -4.34. The van der Waals surface area contributed by atoms with Crippen LogP contribution in [-0.2, 0) is 10.1 Å². The Hall–Kier alpha value is -3.35. The van der Waals surface area contributed by atoms with Gasteiger partial charge < -0.3 is 4.55 Å². The van der Waals surface area contributed by atoms with Gasteiger partial charge >= 0.3 is 5.69 Å². The molecule has 0 N–H and O–H groups in total. The zero-order chi connectivity index (χ0) is 18.4. The van der Waals surface area contributed by atoms with Crippen molar-refractivity contribution < 1.29 is 17.9 Å². The number of nitro benzene ring substituents is 1. The monoisotopic (exact) mass is 357 g/mol. The van der Waals surface area contributed by atoms with Crippen LogP contribution in [0.3, 0.4) is 0 Å². The van der Waals surface area contributed by atoms with Gasteiger partial charge in [-0.25, -0.2) is 8.42 Å². The van der Waals surface area contributed by atoms with E-state index in [0.29, 0.717) is 0 Å². The first kappa shape index (κ1) is 18.0. The average molecular weight is 357 g/mol. The third-order valence-electron chi connectivity index (χ3n) is 3.17. The molecule has 3 aromatic rings. The molecule has 0 aliphatic rings. The molecule has 126 valence electrons. The van der Waals surface area contributed by atoms with E-state index in [4.69, 9.17) is 5.39 Å². The number of rotatable bonds is 2. The van der Waals surface area contributed by atoms with E-state index in [1.807, 2.05) is 12.1 Å². The zero-order valence-corrected chi connectivity index (χ0v) is 13.5. The topological polar surface area (TPSA) is 128 Å². The highest BCUT2D eigenvalue weighted by Gasteiger charge is 2.11. The lowest BCUT2D eigenvalue weighted by Gasteiger charge is -2.07. The van der Waals surface area contributed by atoms with Crippen LogP contribution in [0.15, 0.2) is 71.6 Å². The van der Waals surface area contributed by atoms with Crippen molar-refractivity contribution in [2.24, 2.45) is 0 Å². The van der Waals surface area contributed by atoms with Crippen molar-refractivity contribution in [1.29, 1.82) is 5.39 Å². The standard InChI is InChI=1S/C10H8O3S.C6H4N3O2/c11-14(12,13)10-6-5-8-3-1-2-4-9(8)7-10;7-8-5-2-1-3-6(4-5)9(10)11/h1-7H,(H,11,12,13);1-4H/q;+1/p-1. The van der Waals surface area contributed by atoms with Crippen LogP contribution in [0.1, 0.15) is 0 Å². The summed E-state index contributed by atoms with van der Waals surface area (Å²) in [7, 11) is -4.34. The predicted molar refractivity (Wildman–Crippen MR) is 89.8 cm³/mol. The summed E-state index contributed by atoms with van der Waals surface area (Å²) >= 11 is 0. The minimum absolute atomic E-state index is 0.0831. The summed E-state index contributed by atoms with van der Waals surface area (Å²) in [6, 6.07) is 17.0. The third kappa shape index (κ3) is 4.81. The first-order valence-corrected chi connectivity index (χ1v) is 8.26. The highest BCUT2D eigenvalue weighted by atomic mass is 32.2. The van der Waals surface area contributed by atoms with Gasteiger partial charge in [0.15, 0.2) is 4.98 Å². The Morgan fingerprint density at radius 3 is 2.20 bits per heavy atom. The largest absolute Gasteiger partial charge is 0.744 e. The molecule has 3 rings (SSSR count). The Morgan fingerprint density at radius 1 is 0.920 bits per heavy atom. The average Bonchev–Trinajstić information content (AvgIpc) is 2.61. The normalized spacial score (nSPS) is 10.4. The van der Waals surface area contributed by atoms with E-state index >= 15 is 0 Å². The SMILES string of the molecule is N#[N+]c1cccc([N+](=O)[O-])c1.O=S(=O)([O-])c1ccc2ccccc2c1. The first-order chi connectivity index (χ1) is 11.8. The Kier molecular flexibility index (Phi) is 5.38. The highest BCUT2D eigenvalue weighted by molar-refractivity contribution is 7.85. The minimum Gasteiger partial charge on any atom is -0.744 e. The second-order valence-electron chi connectivity index (χ2n) is 4.84. The lowest BCUT2D eigenvalue weighted by atomic mass is 10.1. The van der Waals surface area contributed by atoms with Crippen LogP contribution in [-0.4, -0.2) is 17.9 Å². The van der Waals surface area contributed by atoms with E-state index in [2.05, 4.69) is 4.98 Å². The predicted octanol–water partition coefficient (Wildman–Crippen LogP) is 3.82. The molecule has 0 radical (unpaired) electrons. The van der Waals surface area contributed by atoms with E-state index in [9.17, 15) is 23.1 Å². The molecular weight excluding hydrogens is 346 g/mol. The van der Waals surface area contributed by atoms with Gasteiger partial charge in [-0.1, -0.05) is 30.3 Å². The summed E-state index contributed by atoms with van der Waals surface area (Å²) in [4.78, 5) is 12.2. The molecule has 25 heavy (non-hydrogen) atoms. The number of benzene rings is 3. The van der Waals surface area contributed by atoms with Crippen LogP contribution < -0.4 is 0 Å². The van der Waals surface area contributed by atoms with E-state index in [-0.39, 0.29) is 16.3 Å². The maximum Gasteiger partial charge on any atom is 0.391 e. The molecule has 0 fully saturated rings. The van der Waals surface area contributed by atoms with Crippen LogP contribution >= 0.6 is 0 Å². The lowest BCUT2D eigenvalue weighted by molar-refractivity contribution is -0.384. The smallest absolute Gasteiger partial charge is 0.391 e. The summed E-state index contributed by atoms with van der Waals surface area (Å²) in [6.07, 6.45) is 0. The molecule has 0 saturated heterocycles. The zero-order valence-electron chi connectivity index (χ0n) is 12.6. The van der Waals surface area contributed by atoms with Crippen LogP contribution in [0.25, 0.3) is 15.7 Å². The van der Waals surface area contributed by atoms with E-state index < -0.39 is 15.0 Å². The van der Waals surface area contributed by atoms with Gasteiger partial charge in [0.1, 0.15) is 16.2 Å². The van der Waals surface area contributed by atoms with Gasteiger partial charge in [0.05, 0.1) is 9.82 Å². The quantitative estimate of drug-likeness (QED) is 0.297. The molecule has 9 heteroatoms. The van der Waals surface area contributed by atoms with Crippen molar-refractivity contribution in [2.45, 2.75) is 4.90 Å². The molecule has 3 aromatic carbocycles. The molecule has 0 spiro atoms. The fourth-order valence-electron chi connectivity index (χ4n) is 1.99. The van der Waals surface area contributed by atoms with Crippen molar-refractivity contribution in [1.82, 2.24) is 0 Å².